The second kappa shape index (κ2) is 5.55. The summed E-state index contributed by atoms with van der Waals surface area (Å²) in [6.07, 6.45) is -0.0400. The van der Waals surface area contributed by atoms with E-state index in [1.54, 1.807) is 6.92 Å². The summed E-state index contributed by atoms with van der Waals surface area (Å²) < 4.78 is 0. The molecule has 1 aliphatic heterocycles. The molecule has 3 amide bonds. The number of rotatable bonds is 1. The summed E-state index contributed by atoms with van der Waals surface area (Å²) in [4.78, 5) is 48.6. The number of carbonyl (C=O) groups excluding carboxylic acids is 3. The van der Waals surface area contributed by atoms with Crippen LogP contribution >= 0.6 is 0 Å². The molecule has 0 saturated heterocycles. The van der Waals surface area contributed by atoms with Crippen molar-refractivity contribution in [2.45, 2.75) is 33.2 Å². The first kappa shape index (κ1) is 15.6. The number of fused-ring (bicyclic) bond motifs is 1. The van der Waals surface area contributed by atoms with Crippen molar-refractivity contribution in [3.05, 3.63) is 28.3 Å². The number of benzene rings is 1. The lowest BCUT2D eigenvalue weighted by Crippen LogP contribution is -2.38. The van der Waals surface area contributed by atoms with Gasteiger partial charge in [-0.15, -0.1) is 0 Å². The van der Waals surface area contributed by atoms with Crippen molar-refractivity contribution in [1.82, 2.24) is 0 Å². The van der Waals surface area contributed by atoms with Crippen LogP contribution in [-0.2, 0) is 14.4 Å². The van der Waals surface area contributed by atoms with Crippen molar-refractivity contribution in [3.63, 3.8) is 0 Å². The van der Waals surface area contributed by atoms with E-state index < -0.39 is 22.8 Å². The summed E-state index contributed by atoms with van der Waals surface area (Å²) in [5, 5.41) is 10.9. The van der Waals surface area contributed by atoms with E-state index in [0.717, 1.165) is 11.0 Å². The molecular weight excluding hydrogens is 290 g/mol. The van der Waals surface area contributed by atoms with E-state index in [1.807, 2.05) is 0 Å². The van der Waals surface area contributed by atoms with Crippen LogP contribution in [0.3, 0.4) is 0 Å². The van der Waals surface area contributed by atoms with Gasteiger partial charge in [0, 0.05) is 38.4 Å². The number of hydrogen-bond donors (Lipinski definition) is 0. The van der Waals surface area contributed by atoms with Crippen LogP contribution in [0.2, 0.25) is 0 Å². The second-order valence-electron chi connectivity index (χ2n) is 5.12. The summed E-state index contributed by atoms with van der Waals surface area (Å²) in [7, 11) is 0. The molecule has 1 heterocycles. The highest BCUT2D eigenvalue weighted by Crippen LogP contribution is 2.37. The summed E-state index contributed by atoms with van der Waals surface area (Å²) >= 11 is 0. The largest absolute Gasteiger partial charge is 0.307 e. The summed E-state index contributed by atoms with van der Waals surface area (Å²) in [5.41, 5.74) is 0.119. The van der Waals surface area contributed by atoms with Crippen LogP contribution in [-0.4, -0.2) is 28.7 Å². The van der Waals surface area contributed by atoms with E-state index in [1.165, 1.54) is 30.9 Å². The molecule has 0 aromatic heterocycles. The van der Waals surface area contributed by atoms with Gasteiger partial charge in [-0.3, -0.25) is 24.5 Å². The minimum absolute atomic E-state index is 0.0400. The highest BCUT2D eigenvalue weighted by molar-refractivity contribution is 6.18. The lowest BCUT2D eigenvalue weighted by Gasteiger charge is -2.26. The van der Waals surface area contributed by atoms with Gasteiger partial charge >= 0.3 is 0 Å². The van der Waals surface area contributed by atoms with E-state index in [9.17, 15) is 24.5 Å². The highest BCUT2D eigenvalue weighted by atomic mass is 16.6. The normalized spacial score (nSPS) is 17.8. The molecule has 0 aliphatic carbocycles. The Labute approximate surface area is 126 Å². The summed E-state index contributed by atoms with van der Waals surface area (Å²) in [6.45, 7) is 4.23. The van der Waals surface area contributed by atoms with Gasteiger partial charge in [-0.2, -0.15) is 0 Å². The van der Waals surface area contributed by atoms with Gasteiger partial charge in [0.25, 0.3) is 5.69 Å². The lowest BCUT2D eigenvalue weighted by molar-refractivity contribution is -0.384. The summed E-state index contributed by atoms with van der Waals surface area (Å²) in [5.74, 6) is -1.35. The SMILES string of the molecule is CC(=O)N1C(=O)C[C@@H](C)N(C(C)=O)c2ccc([N+](=O)[O-])cc21. The van der Waals surface area contributed by atoms with Crippen molar-refractivity contribution in [2.75, 3.05) is 9.80 Å². The van der Waals surface area contributed by atoms with Crippen molar-refractivity contribution >= 4 is 34.8 Å². The molecule has 0 N–H and O–H groups in total. The average molecular weight is 305 g/mol. The minimum Gasteiger partial charge on any atom is -0.307 e. The number of amides is 3. The van der Waals surface area contributed by atoms with Gasteiger partial charge < -0.3 is 4.90 Å². The number of imide groups is 1. The monoisotopic (exact) mass is 305 g/mol. The zero-order chi connectivity index (χ0) is 16.6. The van der Waals surface area contributed by atoms with Gasteiger partial charge in [0.1, 0.15) is 0 Å². The van der Waals surface area contributed by atoms with Gasteiger partial charge in [0.05, 0.1) is 16.3 Å². The maximum atomic E-state index is 12.3. The number of nitro groups is 1. The fraction of sp³-hybridized carbons (Fsp3) is 0.357. The van der Waals surface area contributed by atoms with Gasteiger partial charge in [0.15, 0.2) is 0 Å². The summed E-state index contributed by atoms with van der Waals surface area (Å²) in [6, 6.07) is 3.33. The zero-order valence-electron chi connectivity index (χ0n) is 12.4. The van der Waals surface area contributed by atoms with Crippen molar-refractivity contribution in [3.8, 4) is 0 Å². The Balaban J connectivity index is 2.75. The van der Waals surface area contributed by atoms with E-state index in [2.05, 4.69) is 0 Å². The number of anilines is 2. The Morgan fingerprint density at radius 2 is 1.86 bits per heavy atom. The Kier molecular flexibility index (Phi) is 3.94. The van der Waals surface area contributed by atoms with Crippen LogP contribution in [0.4, 0.5) is 17.1 Å². The first-order valence-corrected chi connectivity index (χ1v) is 6.65. The topological polar surface area (TPSA) is 101 Å². The number of nitro benzene ring substituents is 1. The molecule has 1 aromatic rings. The Morgan fingerprint density at radius 3 is 2.36 bits per heavy atom. The third-order valence-electron chi connectivity index (χ3n) is 3.48. The molecule has 22 heavy (non-hydrogen) atoms. The van der Waals surface area contributed by atoms with Crippen LogP contribution in [0.5, 0.6) is 0 Å². The highest BCUT2D eigenvalue weighted by Gasteiger charge is 2.35. The maximum Gasteiger partial charge on any atom is 0.271 e. The molecule has 0 spiro atoms. The van der Waals surface area contributed by atoms with Crippen molar-refractivity contribution < 1.29 is 19.3 Å². The van der Waals surface area contributed by atoms with Gasteiger partial charge in [-0.25, -0.2) is 4.90 Å². The fourth-order valence-corrected chi connectivity index (χ4v) is 2.64. The Hall–Kier alpha value is -2.77. The average Bonchev–Trinajstić information content (AvgIpc) is 2.49. The molecule has 2 rings (SSSR count). The first-order valence-electron chi connectivity index (χ1n) is 6.65. The van der Waals surface area contributed by atoms with Crippen LogP contribution in [0, 0.1) is 10.1 Å². The first-order chi connectivity index (χ1) is 10.2. The number of nitrogens with zero attached hydrogens (tertiary/aromatic N) is 3. The Bertz CT molecular complexity index is 685. The van der Waals surface area contributed by atoms with Gasteiger partial charge in [-0.1, -0.05) is 0 Å². The van der Waals surface area contributed by atoms with E-state index in [-0.39, 0.29) is 23.7 Å². The molecule has 8 heteroatoms. The number of carbonyl (C=O) groups is 3. The van der Waals surface area contributed by atoms with Gasteiger partial charge in [0.2, 0.25) is 17.7 Å². The minimum atomic E-state index is -0.616. The third kappa shape index (κ3) is 2.54. The van der Waals surface area contributed by atoms with Crippen molar-refractivity contribution in [1.29, 1.82) is 0 Å². The predicted molar refractivity (Wildman–Crippen MR) is 78.5 cm³/mol. The standard InChI is InChI=1S/C14H15N3O5/c1-8-6-14(20)16(10(3)19)13-7-11(17(21)22)4-5-12(13)15(8)9(2)18/h4-5,7-8H,6H2,1-3H3/t8-/m1/s1. The van der Waals surface area contributed by atoms with Crippen LogP contribution in [0.1, 0.15) is 27.2 Å². The molecule has 0 radical (unpaired) electrons. The van der Waals surface area contributed by atoms with Crippen molar-refractivity contribution in [2.24, 2.45) is 0 Å². The Morgan fingerprint density at radius 1 is 1.23 bits per heavy atom. The van der Waals surface area contributed by atoms with E-state index in [0.29, 0.717) is 5.69 Å². The predicted octanol–water partition coefficient (Wildman–Crippen LogP) is 1.62. The van der Waals surface area contributed by atoms with Crippen LogP contribution < -0.4 is 9.80 Å². The smallest absolute Gasteiger partial charge is 0.271 e. The molecule has 1 atom stereocenters. The number of hydrogen-bond acceptors (Lipinski definition) is 5. The lowest BCUT2D eigenvalue weighted by atomic mass is 10.1. The zero-order valence-corrected chi connectivity index (χ0v) is 12.4. The molecule has 116 valence electrons. The molecule has 0 fully saturated rings. The quantitative estimate of drug-likeness (QED) is 0.579. The van der Waals surface area contributed by atoms with Gasteiger partial charge in [-0.05, 0) is 13.0 Å². The molecule has 8 nitrogen and oxygen atoms in total. The number of non-ortho nitro benzene ring substituents is 1. The molecule has 0 saturated carbocycles. The fourth-order valence-electron chi connectivity index (χ4n) is 2.64. The second-order valence-corrected chi connectivity index (χ2v) is 5.12. The molecule has 0 bridgehead atoms. The third-order valence-corrected chi connectivity index (χ3v) is 3.48. The van der Waals surface area contributed by atoms with Crippen LogP contribution in [0.25, 0.3) is 0 Å². The van der Waals surface area contributed by atoms with E-state index >= 15 is 0 Å². The van der Waals surface area contributed by atoms with Crippen LogP contribution in [0.15, 0.2) is 18.2 Å². The maximum absolute atomic E-state index is 12.3. The molecule has 0 unspecified atom stereocenters. The van der Waals surface area contributed by atoms with E-state index in [4.69, 9.17) is 0 Å². The molecule has 1 aromatic carbocycles. The molecular formula is C14H15N3O5. The molecule has 1 aliphatic rings.